The number of nitrogens with zero attached hydrogens (tertiary/aromatic N) is 4. The minimum Gasteiger partial charge on any atom is -0.507 e. The van der Waals surface area contributed by atoms with Crippen LogP contribution in [0.3, 0.4) is 0 Å². The van der Waals surface area contributed by atoms with Gasteiger partial charge < -0.3 is 10.0 Å². The fraction of sp³-hybridized carbons (Fsp3) is 0.250. The molecule has 1 N–H and O–H groups in total. The summed E-state index contributed by atoms with van der Waals surface area (Å²) < 4.78 is 0. The quantitative estimate of drug-likeness (QED) is 0.124. The summed E-state index contributed by atoms with van der Waals surface area (Å²) in [6.45, 7) is 5.42. The molecule has 4 unspecified atom stereocenters. The number of rotatable bonds is 7. The number of amides is 2. The van der Waals surface area contributed by atoms with Gasteiger partial charge in [-0.1, -0.05) is 35.9 Å². The van der Waals surface area contributed by atoms with E-state index < -0.39 is 23.7 Å². The van der Waals surface area contributed by atoms with Gasteiger partial charge in [0.05, 0.1) is 28.9 Å². The zero-order chi connectivity index (χ0) is 34.6. The third kappa shape index (κ3) is 5.35. The second-order valence-corrected chi connectivity index (χ2v) is 13.2. The van der Waals surface area contributed by atoms with Crippen LogP contribution in [0.25, 0.3) is 0 Å². The molecule has 9 nitrogen and oxygen atoms in total. The molecule has 0 radical (unpaired) electrons. The van der Waals surface area contributed by atoms with E-state index in [4.69, 9.17) is 0 Å². The van der Waals surface area contributed by atoms with Crippen LogP contribution in [0.2, 0.25) is 0 Å². The summed E-state index contributed by atoms with van der Waals surface area (Å²) in [6.07, 6.45) is 5.89. The Kier molecular flexibility index (Phi) is 8.06. The summed E-state index contributed by atoms with van der Waals surface area (Å²) in [6, 6.07) is 19.9. The number of ketones is 2. The minimum absolute atomic E-state index is 0.0358. The average Bonchev–Trinajstić information content (AvgIpc) is 3.36. The van der Waals surface area contributed by atoms with Gasteiger partial charge in [-0.25, -0.2) is 0 Å². The SMILES string of the molecule is C=CCc1cccc(C2C3=CCC4C(=O)N(c5ccc(N=Nc6ccc(N(C)C)cc6)cc5)C(=O)C4C3CC3=C2C(=O)C(C)=CC3=O)c1O. The number of azo groups is 1. The Labute approximate surface area is 284 Å². The van der Waals surface area contributed by atoms with E-state index in [9.17, 15) is 24.3 Å². The largest absolute Gasteiger partial charge is 0.507 e. The van der Waals surface area contributed by atoms with Crippen LogP contribution in [-0.4, -0.2) is 42.6 Å². The first-order valence-electron chi connectivity index (χ1n) is 16.4. The molecule has 3 aromatic rings. The summed E-state index contributed by atoms with van der Waals surface area (Å²) in [5.74, 6) is -3.66. The number of carbonyl (C=O) groups is 4. The first-order chi connectivity index (χ1) is 23.6. The molecule has 3 aromatic carbocycles. The molecule has 4 aliphatic rings. The summed E-state index contributed by atoms with van der Waals surface area (Å²) in [4.78, 5) is 58.6. The maximum atomic E-state index is 14.3. The van der Waals surface area contributed by atoms with Crippen molar-refractivity contribution in [2.75, 3.05) is 23.9 Å². The highest BCUT2D eigenvalue weighted by atomic mass is 16.3. The molecule has 1 fully saturated rings. The Morgan fingerprint density at radius 2 is 1.59 bits per heavy atom. The van der Waals surface area contributed by atoms with E-state index in [1.807, 2.05) is 55.4 Å². The highest BCUT2D eigenvalue weighted by Crippen LogP contribution is 2.56. The summed E-state index contributed by atoms with van der Waals surface area (Å²) in [7, 11) is 3.93. The molecule has 0 saturated carbocycles. The van der Waals surface area contributed by atoms with Gasteiger partial charge in [0, 0.05) is 48.0 Å². The van der Waals surface area contributed by atoms with Crippen molar-refractivity contribution in [2.45, 2.75) is 32.1 Å². The van der Waals surface area contributed by atoms with Gasteiger partial charge in [-0.3, -0.25) is 24.1 Å². The van der Waals surface area contributed by atoms with Crippen LogP contribution >= 0.6 is 0 Å². The number of para-hydroxylation sites is 1. The number of hydrogen-bond acceptors (Lipinski definition) is 8. The lowest BCUT2D eigenvalue weighted by atomic mass is 9.59. The number of hydrogen-bond donors (Lipinski definition) is 1. The zero-order valence-corrected chi connectivity index (χ0v) is 27.6. The molecule has 7 rings (SSSR count). The van der Waals surface area contributed by atoms with Gasteiger partial charge in [-0.15, -0.1) is 6.58 Å². The third-order valence-electron chi connectivity index (χ3n) is 10.1. The minimum atomic E-state index is -0.722. The van der Waals surface area contributed by atoms with E-state index in [1.54, 1.807) is 49.4 Å². The predicted molar refractivity (Wildman–Crippen MR) is 187 cm³/mol. The number of allylic oxidation sites excluding steroid dienone is 7. The van der Waals surface area contributed by atoms with Gasteiger partial charge in [0.1, 0.15) is 5.75 Å². The number of imide groups is 1. The second-order valence-electron chi connectivity index (χ2n) is 13.2. The number of carbonyl (C=O) groups excluding carboxylic acids is 4. The van der Waals surface area contributed by atoms with E-state index in [1.165, 1.54) is 11.0 Å². The lowest BCUT2D eigenvalue weighted by Crippen LogP contribution is -2.39. The molecule has 246 valence electrons. The summed E-state index contributed by atoms with van der Waals surface area (Å²) in [5, 5.41) is 20.1. The number of phenols is 1. The fourth-order valence-electron chi connectivity index (χ4n) is 7.74. The number of anilines is 2. The predicted octanol–water partition coefficient (Wildman–Crippen LogP) is 7.24. The second kappa shape index (κ2) is 12.4. The van der Waals surface area contributed by atoms with Crippen LogP contribution in [-0.2, 0) is 25.6 Å². The molecule has 0 bridgehead atoms. The molecule has 1 heterocycles. The highest BCUT2D eigenvalue weighted by Gasteiger charge is 2.56. The van der Waals surface area contributed by atoms with Crippen molar-refractivity contribution in [3.8, 4) is 5.75 Å². The van der Waals surface area contributed by atoms with Crippen molar-refractivity contribution in [1.29, 1.82) is 0 Å². The van der Waals surface area contributed by atoms with Crippen molar-refractivity contribution in [1.82, 2.24) is 0 Å². The molecular weight excluding hydrogens is 616 g/mol. The molecule has 0 spiro atoms. The van der Waals surface area contributed by atoms with Gasteiger partial charge in [0.25, 0.3) is 0 Å². The number of Topliss-reactive ketones (excluding diaryl/α,β-unsaturated/α-hetero) is 1. The van der Waals surface area contributed by atoms with Crippen molar-refractivity contribution >= 4 is 46.1 Å². The summed E-state index contributed by atoms with van der Waals surface area (Å²) >= 11 is 0. The van der Waals surface area contributed by atoms with Crippen LogP contribution < -0.4 is 9.80 Å². The Hall–Kier alpha value is -5.70. The van der Waals surface area contributed by atoms with Crippen LogP contribution in [0.1, 0.15) is 36.8 Å². The van der Waals surface area contributed by atoms with Gasteiger partial charge >= 0.3 is 0 Å². The molecule has 4 atom stereocenters. The van der Waals surface area contributed by atoms with E-state index >= 15 is 0 Å². The standard InChI is InChI=1S/C40H36N4O5/c1-5-7-23-8-6-9-29(38(23)47)34-28-18-19-30-35(31(28)21-32-33(45)20-22(2)37(46)36(32)34)40(49)44(39(30)48)27-16-12-25(13-17-27)42-41-24-10-14-26(15-11-24)43(3)4/h5-6,8-18,20,30-31,34-35,47H,1,7,19,21H2,2-4H3. The van der Waals surface area contributed by atoms with Crippen molar-refractivity contribution in [3.63, 3.8) is 0 Å². The van der Waals surface area contributed by atoms with E-state index in [0.717, 1.165) is 11.3 Å². The lowest BCUT2D eigenvalue weighted by molar-refractivity contribution is -0.123. The maximum Gasteiger partial charge on any atom is 0.238 e. The molecule has 1 saturated heterocycles. The van der Waals surface area contributed by atoms with Gasteiger partial charge in [-0.2, -0.15) is 10.2 Å². The molecule has 3 aliphatic carbocycles. The van der Waals surface area contributed by atoms with E-state index in [-0.39, 0.29) is 35.6 Å². The first-order valence-corrected chi connectivity index (χ1v) is 16.4. The van der Waals surface area contributed by atoms with Crippen molar-refractivity contribution in [3.05, 3.63) is 125 Å². The number of phenolic OH excluding ortho intramolecular Hbond substituents is 1. The zero-order valence-electron chi connectivity index (χ0n) is 27.6. The van der Waals surface area contributed by atoms with Crippen LogP contribution in [0, 0.1) is 17.8 Å². The highest BCUT2D eigenvalue weighted by molar-refractivity contribution is 6.25. The smallest absolute Gasteiger partial charge is 0.238 e. The topological polar surface area (TPSA) is 120 Å². The van der Waals surface area contributed by atoms with Crippen molar-refractivity contribution < 1.29 is 24.3 Å². The Morgan fingerprint density at radius 3 is 2.24 bits per heavy atom. The molecule has 0 aromatic heterocycles. The summed E-state index contributed by atoms with van der Waals surface area (Å²) in [5.41, 5.74) is 5.73. The fourth-order valence-corrected chi connectivity index (χ4v) is 7.74. The molecule has 9 heteroatoms. The molecule has 2 amide bonds. The van der Waals surface area contributed by atoms with Gasteiger partial charge in [-0.05, 0) is 92.3 Å². The van der Waals surface area contributed by atoms with Crippen LogP contribution in [0.4, 0.5) is 22.7 Å². The Balaban J connectivity index is 1.21. The van der Waals surface area contributed by atoms with Crippen LogP contribution in [0.15, 0.2) is 124 Å². The van der Waals surface area contributed by atoms with Crippen LogP contribution in [0.5, 0.6) is 5.75 Å². The van der Waals surface area contributed by atoms with Crippen molar-refractivity contribution in [2.24, 2.45) is 28.0 Å². The number of benzene rings is 3. The molecular formula is C40H36N4O5. The average molecular weight is 653 g/mol. The molecule has 1 aliphatic heterocycles. The lowest BCUT2D eigenvalue weighted by Gasteiger charge is -2.42. The van der Waals surface area contributed by atoms with E-state index in [2.05, 4.69) is 16.8 Å². The van der Waals surface area contributed by atoms with Gasteiger partial charge in [0.2, 0.25) is 11.8 Å². The third-order valence-corrected chi connectivity index (χ3v) is 10.1. The normalized spacial score (nSPS) is 23.3. The maximum absolute atomic E-state index is 14.3. The Bertz CT molecular complexity index is 2050. The number of fused-ring (bicyclic) bond motifs is 3. The van der Waals surface area contributed by atoms with E-state index in [0.29, 0.717) is 57.8 Å². The molecule has 49 heavy (non-hydrogen) atoms. The number of aromatic hydroxyl groups is 1. The Morgan fingerprint density at radius 1 is 0.918 bits per heavy atom. The first kappa shape index (κ1) is 31.9. The monoisotopic (exact) mass is 652 g/mol. The van der Waals surface area contributed by atoms with Gasteiger partial charge in [0.15, 0.2) is 11.6 Å².